The van der Waals surface area contributed by atoms with Crippen molar-refractivity contribution in [2.45, 2.75) is 51.6 Å². The van der Waals surface area contributed by atoms with Gasteiger partial charge in [-0.15, -0.1) is 0 Å². The van der Waals surface area contributed by atoms with E-state index < -0.39 is 11.4 Å². The summed E-state index contributed by atoms with van der Waals surface area (Å²) in [5.41, 5.74) is -0.502. The topological polar surface area (TPSA) is 49.8 Å². The minimum atomic E-state index is -0.590. The third-order valence-corrected chi connectivity index (χ3v) is 4.94. The molecule has 1 saturated heterocycles. The van der Waals surface area contributed by atoms with E-state index in [2.05, 4.69) is 11.8 Å². The Hall–Kier alpha value is -0.610. The first-order chi connectivity index (χ1) is 9.05. The standard InChI is InChI=1S/C15H27NO3/c1-12-4-3-7-15(10-12,14(17)18)11-16-8-5-13(19-2)6-9-16/h12-13H,3-11H2,1-2H3,(H,17,18). The number of carboxylic acids is 1. The van der Waals surface area contributed by atoms with Crippen LogP contribution in [0.1, 0.15) is 45.4 Å². The number of nitrogens with zero attached hydrogens (tertiary/aromatic N) is 1. The van der Waals surface area contributed by atoms with Gasteiger partial charge in [0.1, 0.15) is 0 Å². The molecule has 19 heavy (non-hydrogen) atoms. The lowest BCUT2D eigenvalue weighted by molar-refractivity contribution is -0.154. The zero-order valence-corrected chi connectivity index (χ0v) is 12.2. The van der Waals surface area contributed by atoms with Gasteiger partial charge >= 0.3 is 5.97 Å². The van der Waals surface area contributed by atoms with Gasteiger partial charge in [0.05, 0.1) is 11.5 Å². The molecule has 2 rings (SSSR count). The van der Waals surface area contributed by atoms with E-state index in [1.165, 1.54) is 6.42 Å². The first-order valence-electron chi connectivity index (χ1n) is 7.54. The molecule has 0 aromatic carbocycles. The molecular formula is C15H27NO3. The van der Waals surface area contributed by atoms with E-state index in [0.29, 0.717) is 12.0 Å². The van der Waals surface area contributed by atoms with Gasteiger partial charge in [-0.05, 0) is 31.6 Å². The molecule has 2 aliphatic rings. The molecule has 1 aliphatic heterocycles. The van der Waals surface area contributed by atoms with Crippen molar-refractivity contribution in [3.8, 4) is 0 Å². The van der Waals surface area contributed by atoms with Gasteiger partial charge in [0, 0.05) is 26.7 Å². The summed E-state index contributed by atoms with van der Waals surface area (Å²) < 4.78 is 5.38. The van der Waals surface area contributed by atoms with Crippen LogP contribution in [0.5, 0.6) is 0 Å². The molecule has 0 radical (unpaired) electrons. The van der Waals surface area contributed by atoms with Crippen LogP contribution in [0, 0.1) is 11.3 Å². The summed E-state index contributed by atoms with van der Waals surface area (Å²) in [6, 6.07) is 0. The van der Waals surface area contributed by atoms with Gasteiger partial charge in [0.15, 0.2) is 0 Å². The van der Waals surface area contributed by atoms with E-state index in [0.717, 1.165) is 51.7 Å². The van der Waals surface area contributed by atoms with Crippen LogP contribution in [0.25, 0.3) is 0 Å². The molecule has 4 heteroatoms. The van der Waals surface area contributed by atoms with Crippen LogP contribution in [0.15, 0.2) is 0 Å². The summed E-state index contributed by atoms with van der Waals surface area (Å²) >= 11 is 0. The molecule has 0 bridgehead atoms. The van der Waals surface area contributed by atoms with Gasteiger partial charge in [-0.2, -0.15) is 0 Å². The number of hydrogen-bond donors (Lipinski definition) is 1. The van der Waals surface area contributed by atoms with Crippen LogP contribution in [0.3, 0.4) is 0 Å². The first-order valence-corrected chi connectivity index (χ1v) is 7.54. The summed E-state index contributed by atoms with van der Waals surface area (Å²) in [7, 11) is 1.77. The molecule has 2 atom stereocenters. The predicted molar refractivity (Wildman–Crippen MR) is 74.2 cm³/mol. The molecule has 4 nitrogen and oxygen atoms in total. The van der Waals surface area contributed by atoms with E-state index in [1.807, 2.05) is 0 Å². The number of likely N-dealkylation sites (tertiary alicyclic amines) is 1. The van der Waals surface area contributed by atoms with Crippen LogP contribution >= 0.6 is 0 Å². The van der Waals surface area contributed by atoms with Crippen molar-refractivity contribution in [3.05, 3.63) is 0 Å². The lowest BCUT2D eigenvalue weighted by Gasteiger charge is -2.42. The fraction of sp³-hybridized carbons (Fsp3) is 0.933. The second kappa shape index (κ2) is 6.23. The molecule has 0 amide bonds. The van der Waals surface area contributed by atoms with Crippen molar-refractivity contribution >= 4 is 5.97 Å². The summed E-state index contributed by atoms with van der Waals surface area (Å²) in [5.74, 6) is -0.0470. The van der Waals surface area contributed by atoms with Crippen molar-refractivity contribution in [3.63, 3.8) is 0 Å². The van der Waals surface area contributed by atoms with Crippen molar-refractivity contribution in [1.29, 1.82) is 0 Å². The number of carboxylic acid groups (broad SMARTS) is 1. The average Bonchev–Trinajstić information content (AvgIpc) is 2.39. The smallest absolute Gasteiger partial charge is 0.310 e. The lowest BCUT2D eigenvalue weighted by atomic mass is 9.69. The summed E-state index contributed by atoms with van der Waals surface area (Å²) in [6.45, 7) is 4.86. The number of piperidine rings is 1. The third-order valence-electron chi connectivity index (χ3n) is 4.94. The minimum Gasteiger partial charge on any atom is -0.481 e. The van der Waals surface area contributed by atoms with Crippen LogP contribution in [0.2, 0.25) is 0 Å². The maximum atomic E-state index is 11.8. The number of methoxy groups -OCH3 is 1. The maximum Gasteiger partial charge on any atom is 0.310 e. The molecular weight excluding hydrogens is 242 g/mol. The number of carbonyl (C=O) groups is 1. The first kappa shape index (κ1) is 14.8. The zero-order valence-electron chi connectivity index (χ0n) is 12.2. The van der Waals surface area contributed by atoms with Gasteiger partial charge in [-0.1, -0.05) is 19.8 Å². The van der Waals surface area contributed by atoms with Gasteiger partial charge in [0.2, 0.25) is 0 Å². The SMILES string of the molecule is COC1CCN(CC2(C(=O)O)CCCC(C)C2)CC1. The third kappa shape index (κ3) is 3.48. The highest BCUT2D eigenvalue weighted by Gasteiger charge is 2.43. The normalized spacial score (nSPS) is 34.3. The quantitative estimate of drug-likeness (QED) is 0.851. The van der Waals surface area contributed by atoms with Gasteiger partial charge in [-0.3, -0.25) is 4.79 Å². The highest BCUT2D eigenvalue weighted by molar-refractivity contribution is 5.75. The van der Waals surface area contributed by atoms with Crippen LogP contribution < -0.4 is 0 Å². The van der Waals surface area contributed by atoms with Crippen molar-refractivity contribution in [2.75, 3.05) is 26.7 Å². The fourth-order valence-corrected chi connectivity index (χ4v) is 3.80. The number of rotatable bonds is 4. The Morgan fingerprint density at radius 2 is 2.05 bits per heavy atom. The van der Waals surface area contributed by atoms with E-state index >= 15 is 0 Å². The van der Waals surface area contributed by atoms with Crippen molar-refractivity contribution in [2.24, 2.45) is 11.3 Å². The van der Waals surface area contributed by atoms with E-state index in [4.69, 9.17) is 4.74 Å². The Bertz CT molecular complexity index is 313. The molecule has 2 unspecified atom stereocenters. The minimum absolute atomic E-state index is 0.363. The Balaban J connectivity index is 1.96. The molecule has 2 fully saturated rings. The van der Waals surface area contributed by atoms with Crippen molar-refractivity contribution < 1.29 is 14.6 Å². The Labute approximate surface area is 116 Å². The Morgan fingerprint density at radius 1 is 1.37 bits per heavy atom. The van der Waals surface area contributed by atoms with E-state index in [1.54, 1.807) is 7.11 Å². The molecule has 1 heterocycles. The largest absolute Gasteiger partial charge is 0.481 e. The van der Waals surface area contributed by atoms with Crippen LogP contribution in [0.4, 0.5) is 0 Å². The summed E-state index contributed by atoms with van der Waals surface area (Å²) in [5, 5.41) is 9.68. The van der Waals surface area contributed by atoms with Gasteiger partial charge in [-0.25, -0.2) is 0 Å². The van der Waals surface area contributed by atoms with E-state index in [-0.39, 0.29) is 0 Å². The lowest BCUT2D eigenvalue weighted by Crippen LogP contribution is -2.48. The number of aliphatic carboxylic acids is 1. The monoisotopic (exact) mass is 269 g/mol. The molecule has 0 aromatic heterocycles. The van der Waals surface area contributed by atoms with Gasteiger partial charge in [0.25, 0.3) is 0 Å². The fourth-order valence-electron chi connectivity index (χ4n) is 3.80. The molecule has 110 valence electrons. The highest BCUT2D eigenvalue weighted by atomic mass is 16.5. The molecule has 0 aromatic rings. The molecule has 1 aliphatic carbocycles. The Morgan fingerprint density at radius 3 is 2.58 bits per heavy atom. The van der Waals surface area contributed by atoms with E-state index in [9.17, 15) is 9.90 Å². The van der Waals surface area contributed by atoms with Crippen molar-refractivity contribution in [1.82, 2.24) is 4.90 Å². The summed E-state index contributed by atoms with van der Waals surface area (Å²) in [4.78, 5) is 14.1. The van der Waals surface area contributed by atoms with Gasteiger partial charge < -0.3 is 14.7 Å². The second-order valence-corrected chi connectivity index (χ2v) is 6.50. The van der Waals surface area contributed by atoms with Crippen LogP contribution in [-0.4, -0.2) is 48.8 Å². The number of hydrogen-bond acceptors (Lipinski definition) is 3. The highest BCUT2D eigenvalue weighted by Crippen LogP contribution is 2.40. The summed E-state index contributed by atoms with van der Waals surface area (Å²) in [6.07, 6.45) is 6.35. The van der Waals surface area contributed by atoms with Crippen LogP contribution in [-0.2, 0) is 9.53 Å². The zero-order chi connectivity index (χ0) is 13.9. The second-order valence-electron chi connectivity index (χ2n) is 6.50. The Kier molecular flexibility index (Phi) is 4.85. The average molecular weight is 269 g/mol. The number of ether oxygens (including phenoxy) is 1. The maximum absolute atomic E-state index is 11.8. The molecule has 1 N–H and O–H groups in total. The predicted octanol–water partition coefficient (Wildman–Crippen LogP) is 2.38. The molecule has 0 spiro atoms. The molecule has 1 saturated carbocycles.